The number of hydrogen-bond acceptors (Lipinski definition) is 8. The molecule has 2 aliphatic heterocycles. The molecule has 9 heteroatoms. The summed E-state index contributed by atoms with van der Waals surface area (Å²) in [7, 11) is 0. The van der Waals surface area contributed by atoms with Gasteiger partial charge in [-0.25, -0.2) is 14.0 Å². The van der Waals surface area contributed by atoms with Gasteiger partial charge in [-0.2, -0.15) is 5.10 Å². The minimum absolute atomic E-state index is 0.760. The maximum absolute atomic E-state index is 5.65. The third-order valence-electron chi connectivity index (χ3n) is 6.96. The van der Waals surface area contributed by atoms with Gasteiger partial charge in [0.25, 0.3) is 0 Å². The van der Waals surface area contributed by atoms with Crippen molar-refractivity contribution in [1.82, 2.24) is 24.0 Å². The van der Waals surface area contributed by atoms with Crippen LogP contribution >= 0.6 is 23.3 Å². The van der Waals surface area contributed by atoms with Crippen molar-refractivity contribution in [1.29, 1.82) is 0 Å². The highest BCUT2D eigenvalue weighted by atomic mass is 32.2. The molecule has 0 unspecified atom stereocenters. The minimum atomic E-state index is 0.760. The van der Waals surface area contributed by atoms with E-state index in [1.807, 2.05) is 34.2 Å². The molecule has 36 heavy (non-hydrogen) atoms. The average Bonchev–Trinajstić information content (AvgIpc) is 3.56. The second-order valence-electron chi connectivity index (χ2n) is 9.43. The van der Waals surface area contributed by atoms with E-state index in [2.05, 4.69) is 69.7 Å². The number of aromatic nitrogens is 3. The number of piperazine rings is 1. The van der Waals surface area contributed by atoms with E-state index in [0.29, 0.717) is 0 Å². The zero-order chi connectivity index (χ0) is 24.5. The van der Waals surface area contributed by atoms with Crippen LogP contribution in [0, 0.1) is 6.92 Å². The molecule has 2 fully saturated rings. The van der Waals surface area contributed by atoms with Gasteiger partial charge in [0.05, 0.1) is 34.8 Å². The van der Waals surface area contributed by atoms with Gasteiger partial charge in [-0.05, 0) is 31.4 Å². The van der Waals surface area contributed by atoms with Crippen LogP contribution in [-0.4, -0.2) is 82.7 Å². The van der Waals surface area contributed by atoms with E-state index in [-0.39, 0.29) is 0 Å². The van der Waals surface area contributed by atoms with Gasteiger partial charge >= 0.3 is 0 Å². The average molecular weight is 521 g/mol. The third kappa shape index (κ3) is 5.03. The Labute approximate surface area is 220 Å². The lowest BCUT2D eigenvalue weighted by atomic mass is 10.1. The topological polar surface area (TPSA) is 49.7 Å². The van der Waals surface area contributed by atoms with Gasteiger partial charge in [-0.1, -0.05) is 35.7 Å². The van der Waals surface area contributed by atoms with Gasteiger partial charge in [0.2, 0.25) is 0 Å². The molecule has 0 spiro atoms. The van der Waals surface area contributed by atoms with Gasteiger partial charge < -0.3 is 9.64 Å². The molecule has 0 bridgehead atoms. The molecule has 2 aliphatic rings. The van der Waals surface area contributed by atoms with Gasteiger partial charge in [-0.3, -0.25) is 4.90 Å². The Morgan fingerprint density at radius 1 is 1.00 bits per heavy atom. The van der Waals surface area contributed by atoms with Gasteiger partial charge in [0.15, 0.2) is 5.82 Å². The Morgan fingerprint density at radius 3 is 2.61 bits per heavy atom. The lowest BCUT2D eigenvalue weighted by Gasteiger charge is -2.32. The number of morpholine rings is 1. The molecule has 0 atom stereocenters. The molecular weight excluding hydrogens is 488 g/mol. The molecule has 0 radical (unpaired) electrons. The summed E-state index contributed by atoms with van der Waals surface area (Å²) in [6, 6.07) is 15.0. The fourth-order valence-corrected chi connectivity index (χ4v) is 6.69. The van der Waals surface area contributed by atoms with Crippen molar-refractivity contribution in [3.8, 4) is 17.1 Å². The predicted molar refractivity (Wildman–Crippen MR) is 150 cm³/mol. The minimum Gasteiger partial charge on any atom is -0.378 e. The summed E-state index contributed by atoms with van der Waals surface area (Å²) in [5.74, 6) is 0.862. The van der Waals surface area contributed by atoms with E-state index in [1.54, 1.807) is 0 Å². The molecule has 7 nitrogen and oxygen atoms in total. The zero-order valence-electron chi connectivity index (χ0n) is 20.9. The normalized spacial score (nSPS) is 17.8. The molecule has 0 saturated carbocycles. The molecule has 5 heterocycles. The number of hydrogen-bond donors (Lipinski definition) is 0. The van der Waals surface area contributed by atoms with Crippen molar-refractivity contribution in [3.63, 3.8) is 0 Å². The Balaban J connectivity index is 1.34. The SMILES string of the molecule is CSN1CCN(Cc2cc3nc(-n4ccc(-c5cccc(C)c5)n4)cc(N4CCOCC4)c3s2)CC1. The van der Waals surface area contributed by atoms with Crippen LogP contribution < -0.4 is 4.90 Å². The smallest absolute Gasteiger partial charge is 0.156 e. The Kier molecular flexibility index (Phi) is 6.99. The standard InChI is InChI=1S/C27H32N6OS2/c1-20-4-3-5-21(16-20)23-6-7-33(29-23)26-18-25(31-12-14-34-15-13-31)27-24(28-26)17-22(36-27)19-30-8-10-32(35-2)11-9-30/h3-7,16-18H,8-15,19H2,1-2H3. The summed E-state index contributed by atoms with van der Waals surface area (Å²) in [4.78, 5) is 11.5. The third-order valence-corrected chi connectivity index (χ3v) is 8.97. The van der Waals surface area contributed by atoms with Crippen LogP contribution in [0.2, 0.25) is 0 Å². The van der Waals surface area contributed by atoms with Gasteiger partial charge in [0.1, 0.15) is 0 Å². The van der Waals surface area contributed by atoms with E-state index in [1.165, 1.54) is 20.8 Å². The second-order valence-corrected chi connectivity index (χ2v) is 11.4. The first-order valence-corrected chi connectivity index (χ1v) is 14.6. The van der Waals surface area contributed by atoms with Crippen LogP contribution in [0.1, 0.15) is 10.4 Å². The van der Waals surface area contributed by atoms with Crippen LogP contribution in [0.3, 0.4) is 0 Å². The number of rotatable bonds is 6. The van der Waals surface area contributed by atoms with Crippen LogP contribution in [0.15, 0.2) is 48.7 Å². The first-order valence-electron chi connectivity index (χ1n) is 12.6. The van der Waals surface area contributed by atoms with E-state index in [4.69, 9.17) is 14.8 Å². The number of aryl methyl sites for hydroxylation is 1. The van der Waals surface area contributed by atoms with Crippen LogP contribution in [0.25, 0.3) is 27.3 Å². The monoisotopic (exact) mass is 520 g/mol. The summed E-state index contributed by atoms with van der Waals surface area (Å²) in [6.07, 6.45) is 4.19. The van der Waals surface area contributed by atoms with Gasteiger partial charge in [0, 0.05) is 68.5 Å². The highest BCUT2D eigenvalue weighted by molar-refractivity contribution is 7.96. The fraction of sp³-hybridized carbons (Fsp3) is 0.407. The molecule has 2 saturated heterocycles. The fourth-order valence-electron chi connectivity index (χ4n) is 4.98. The maximum atomic E-state index is 5.65. The van der Waals surface area contributed by atoms with Crippen LogP contribution in [0.5, 0.6) is 0 Å². The summed E-state index contributed by atoms with van der Waals surface area (Å²) < 4.78 is 11.3. The molecular formula is C27H32N6OS2. The highest BCUT2D eigenvalue weighted by Gasteiger charge is 2.21. The van der Waals surface area contributed by atoms with Crippen LogP contribution in [0.4, 0.5) is 5.69 Å². The molecule has 0 N–H and O–H groups in total. The molecule has 0 amide bonds. The van der Waals surface area contributed by atoms with Crippen LogP contribution in [-0.2, 0) is 11.3 Å². The Morgan fingerprint density at radius 2 is 1.83 bits per heavy atom. The molecule has 6 rings (SSSR count). The number of anilines is 1. The van der Waals surface area contributed by atoms with Crippen molar-refractivity contribution in [2.75, 3.05) is 63.6 Å². The largest absolute Gasteiger partial charge is 0.378 e. The molecule has 0 aliphatic carbocycles. The first kappa shape index (κ1) is 23.9. The number of fused-ring (bicyclic) bond motifs is 1. The first-order chi connectivity index (χ1) is 17.7. The number of nitrogens with zero attached hydrogens (tertiary/aromatic N) is 6. The number of thiophene rings is 1. The summed E-state index contributed by atoms with van der Waals surface area (Å²) in [5, 5.41) is 4.90. The quantitative estimate of drug-likeness (QED) is 0.342. The summed E-state index contributed by atoms with van der Waals surface area (Å²) in [5.41, 5.74) is 5.63. The highest BCUT2D eigenvalue weighted by Crippen LogP contribution is 2.36. The lowest BCUT2D eigenvalue weighted by Crippen LogP contribution is -2.42. The number of ether oxygens (including phenoxy) is 1. The van der Waals surface area contributed by atoms with E-state index in [0.717, 1.165) is 81.6 Å². The zero-order valence-corrected chi connectivity index (χ0v) is 22.5. The summed E-state index contributed by atoms with van der Waals surface area (Å²) in [6.45, 7) is 10.9. The molecule has 1 aromatic carbocycles. The summed E-state index contributed by atoms with van der Waals surface area (Å²) >= 11 is 3.74. The molecule has 4 aromatic rings. The predicted octanol–water partition coefficient (Wildman–Crippen LogP) is 4.69. The van der Waals surface area contributed by atoms with E-state index in [9.17, 15) is 0 Å². The van der Waals surface area contributed by atoms with E-state index >= 15 is 0 Å². The van der Waals surface area contributed by atoms with Crippen molar-refractivity contribution >= 4 is 39.2 Å². The molecule has 3 aromatic heterocycles. The van der Waals surface area contributed by atoms with Crippen molar-refractivity contribution < 1.29 is 4.74 Å². The Hall–Kier alpha value is -2.43. The van der Waals surface area contributed by atoms with Crippen molar-refractivity contribution in [3.05, 3.63) is 59.1 Å². The van der Waals surface area contributed by atoms with Gasteiger partial charge in [-0.15, -0.1) is 11.3 Å². The number of benzene rings is 1. The Bertz CT molecular complexity index is 1340. The second kappa shape index (κ2) is 10.5. The lowest BCUT2D eigenvalue weighted by molar-refractivity contribution is 0.123. The van der Waals surface area contributed by atoms with E-state index < -0.39 is 0 Å². The van der Waals surface area contributed by atoms with Crippen molar-refractivity contribution in [2.45, 2.75) is 13.5 Å². The molecule has 188 valence electrons. The number of pyridine rings is 1. The maximum Gasteiger partial charge on any atom is 0.156 e. The van der Waals surface area contributed by atoms with Crippen molar-refractivity contribution in [2.24, 2.45) is 0 Å².